The number of likely N-dealkylation sites (tertiary alicyclic amines) is 2. The van der Waals surface area contributed by atoms with E-state index in [9.17, 15) is 4.79 Å². The molecule has 0 spiro atoms. The van der Waals surface area contributed by atoms with E-state index in [4.69, 9.17) is 4.74 Å². The Bertz CT molecular complexity index is 750. The molecular weight excluding hydrogens is 328 g/mol. The minimum Gasteiger partial charge on any atom is -0.497 e. The topological polar surface area (TPSA) is 58.6 Å². The van der Waals surface area contributed by atoms with E-state index in [-0.39, 0.29) is 5.91 Å². The summed E-state index contributed by atoms with van der Waals surface area (Å²) in [6.07, 6.45) is 5.79. The molecule has 26 heavy (non-hydrogen) atoms. The van der Waals surface area contributed by atoms with Gasteiger partial charge in [0.1, 0.15) is 11.4 Å². The lowest BCUT2D eigenvalue weighted by Gasteiger charge is -2.34. The predicted molar refractivity (Wildman–Crippen MR) is 97.8 cm³/mol. The summed E-state index contributed by atoms with van der Waals surface area (Å²) in [6.45, 7) is 4.74. The Morgan fingerprint density at radius 2 is 1.96 bits per heavy atom. The third kappa shape index (κ3) is 3.55. The number of hydrogen-bond acceptors (Lipinski definition) is 5. The van der Waals surface area contributed by atoms with Crippen LogP contribution in [0.25, 0.3) is 0 Å². The molecule has 0 saturated carbocycles. The maximum atomic E-state index is 12.6. The zero-order valence-electron chi connectivity index (χ0n) is 15.0. The van der Waals surface area contributed by atoms with Gasteiger partial charge in [0.05, 0.1) is 13.3 Å². The molecule has 1 aromatic carbocycles. The highest BCUT2D eigenvalue weighted by molar-refractivity contribution is 5.92. The Morgan fingerprint density at radius 3 is 2.69 bits per heavy atom. The van der Waals surface area contributed by atoms with Crippen molar-refractivity contribution in [3.8, 4) is 5.75 Å². The van der Waals surface area contributed by atoms with Crippen molar-refractivity contribution >= 4 is 5.91 Å². The second kappa shape index (κ2) is 7.41. The number of carbonyl (C=O) groups excluding carboxylic acids is 1. The maximum Gasteiger partial charge on any atom is 0.274 e. The summed E-state index contributed by atoms with van der Waals surface area (Å²) in [5, 5.41) is 0. The van der Waals surface area contributed by atoms with Gasteiger partial charge in [-0.1, -0.05) is 12.1 Å². The quantitative estimate of drug-likeness (QED) is 0.843. The van der Waals surface area contributed by atoms with Gasteiger partial charge >= 0.3 is 0 Å². The Hall–Kier alpha value is -2.47. The number of ether oxygens (including phenoxy) is 1. The van der Waals surface area contributed by atoms with Crippen LogP contribution >= 0.6 is 0 Å². The van der Waals surface area contributed by atoms with E-state index in [0.29, 0.717) is 17.5 Å². The molecule has 3 heterocycles. The fourth-order valence-corrected chi connectivity index (χ4v) is 4.14. The number of aromatic nitrogens is 2. The molecule has 4 rings (SSSR count). The van der Waals surface area contributed by atoms with Crippen molar-refractivity contribution in [3.05, 3.63) is 54.1 Å². The maximum absolute atomic E-state index is 12.6. The van der Waals surface area contributed by atoms with Crippen molar-refractivity contribution in [2.24, 2.45) is 11.8 Å². The molecule has 2 fully saturated rings. The molecule has 2 aromatic rings. The fraction of sp³-hybridized carbons (Fsp3) is 0.450. The molecular formula is C20H24N4O2. The van der Waals surface area contributed by atoms with Crippen molar-refractivity contribution in [2.75, 3.05) is 33.3 Å². The van der Waals surface area contributed by atoms with Crippen LogP contribution in [0.4, 0.5) is 0 Å². The number of carbonyl (C=O) groups is 1. The average molecular weight is 352 g/mol. The highest BCUT2D eigenvalue weighted by atomic mass is 16.5. The molecule has 6 heteroatoms. The van der Waals surface area contributed by atoms with Crippen LogP contribution in [0.3, 0.4) is 0 Å². The molecule has 136 valence electrons. The lowest BCUT2D eigenvalue weighted by Crippen LogP contribution is -2.43. The first-order valence-electron chi connectivity index (χ1n) is 9.13. The van der Waals surface area contributed by atoms with Crippen LogP contribution in [-0.4, -0.2) is 59.0 Å². The second-order valence-corrected chi connectivity index (χ2v) is 7.19. The lowest BCUT2D eigenvalue weighted by atomic mass is 9.88. The van der Waals surface area contributed by atoms with Crippen molar-refractivity contribution in [1.29, 1.82) is 0 Å². The number of amides is 1. The van der Waals surface area contributed by atoms with E-state index in [0.717, 1.165) is 44.9 Å². The van der Waals surface area contributed by atoms with E-state index in [1.807, 2.05) is 17.0 Å². The Kier molecular flexibility index (Phi) is 4.84. The molecule has 0 aliphatic carbocycles. The van der Waals surface area contributed by atoms with E-state index >= 15 is 0 Å². The molecule has 2 aliphatic heterocycles. The van der Waals surface area contributed by atoms with Gasteiger partial charge in [-0.2, -0.15) is 0 Å². The number of nitrogens with zero attached hydrogens (tertiary/aromatic N) is 4. The number of methoxy groups -OCH3 is 1. The first-order valence-corrected chi connectivity index (χ1v) is 9.13. The van der Waals surface area contributed by atoms with Crippen LogP contribution < -0.4 is 4.74 Å². The van der Waals surface area contributed by atoms with E-state index < -0.39 is 0 Å². The monoisotopic (exact) mass is 352 g/mol. The standard InChI is InChI=1S/C20H24N4O2/c1-26-18-4-2-15(3-5-18)11-23-12-16-6-9-24(14-17(16)13-23)20(25)19-10-21-7-8-22-19/h2-5,7-8,10,16-17H,6,9,11-14H2,1H3/t16-,17-/m1/s1. The molecule has 0 radical (unpaired) electrons. The number of benzene rings is 1. The smallest absolute Gasteiger partial charge is 0.274 e. The summed E-state index contributed by atoms with van der Waals surface area (Å²) in [4.78, 5) is 25.2. The Morgan fingerprint density at radius 1 is 1.15 bits per heavy atom. The van der Waals surface area contributed by atoms with Gasteiger partial charge < -0.3 is 9.64 Å². The van der Waals surface area contributed by atoms with Crippen LogP contribution in [0.1, 0.15) is 22.5 Å². The summed E-state index contributed by atoms with van der Waals surface area (Å²) in [5.74, 6) is 2.12. The summed E-state index contributed by atoms with van der Waals surface area (Å²) >= 11 is 0. The largest absolute Gasteiger partial charge is 0.497 e. The molecule has 0 N–H and O–H groups in total. The molecule has 6 nitrogen and oxygen atoms in total. The van der Waals surface area contributed by atoms with Gasteiger partial charge in [-0.25, -0.2) is 4.98 Å². The van der Waals surface area contributed by atoms with Crippen LogP contribution in [0.5, 0.6) is 5.75 Å². The molecule has 2 atom stereocenters. The zero-order chi connectivity index (χ0) is 17.9. The summed E-state index contributed by atoms with van der Waals surface area (Å²) in [6, 6.07) is 8.29. The van der Waals surface area contributed by atoms with E-state index in [1.165, 1.54) is 5.56 Å². The van der Waals surface area contributed by atoms with Gasteiger partial charge in [0, 0.05) is 45.1 Å². The number of fused-ring (bicyclic) bond motifs is 1. The molecule has 2 saturated heterocycles. The van der Waals surface area contributed by atoms with Gasteiger partial charge in [0.15, 0.2) is 0 Å². The normalized spacial score (nSPS) is 22.9. The Labute approximate surface area is 153 Å². The first kappa shape index (κ1) is 17.0. The highest BCUT2D eigenvalue weighted by Gasteiger charge is 2.38. The molecule has 2 aliphatic rings. The third-order valence-corrected chi connectivity index (χ3v) is 5.51. The van der Waals surface area contributed by atoms with Crippen LogP contribution in [0, 0.1) is 11.8 Å². The zero-order valence-corrected chi connectivity index (χ0v) is 15.0. The summed E-state index contributed by atoms with van der Waals surface area (Å²) in [5.41, 5.74) is 1.75. The molecule has 1 aromatic heterocycles. The molecule has 0 unspecified atom stereocenters. The number of piperidine rings is 1. The second-order valence-electron chi connectivity index (χ2n) is 7.19. The lowest BCUT2D eigenvalue weighted by molar-refractivity contribution is 0.0635. The number of rotatable bonds is 4. The van der Waals surface area contributed by atoms with E-state index in [2.05, 4.69) is 27.0 Å². The predicted octanol–water partition coefficient (Wildman–Crippen LogP) is 2.08. The van der Waals surface area contributed by atoms with Crippen LogP contribution in [0.2, 0.25) is 0 Å². The van der Waals surface area contributed by atoms with Gasteiger partial charge in [0.25, 0.3) is 5.91 Å². The van der Waals surface area contributed by atoms with Crippen molar-refractivity contribution in [2.45, 2.75) is 13.0 Å². The third-order valence-electron chi connectivity index (χ3n) is 5.51. The number of hydrogen-bond donors (Lipinski definition) is 0. The van der Waals surface area contributed by atoms with Crippen LogP contribution in [-0.2, 0) is 6.54 Å². The SMILES string of the molecule is COc1ccc(CN2C[C@H]3CCN(C(=O)c4cnccn4)C[C@H]3C2)cc1. The van der Waals surface area contributed by atoms with E-state index in [1.54, 1.807) is 25.7 Å². The average Bonchev–Trinajstić information content (AvgIpc) is 3.10. The van der Waals surface area contributed by atoms with Crippen molar-refractivity contribution in [1.82, 2.24) is 19.8 Å². The minimum absolute atomic E-state index is 0.00477. The van der Waals surface area contributed by atoms with Gasteiger partial charge in [-0.15, -0.1) is 0 Å². The van der Waals surface area contributed by atoms with Gasteiger partial charge in [-0.3, -0.25) is 14.7 Å². The summed E-state index contributed by atoms with van der Waals surface area (Å²) in [7, 11) is 1.69. The van der Waals surface area contributed by atoms with Crippen molar-refractivity contribution in [3.63, 3.8) is 0 Å². The first-order chi connectivity index (χ1) is 12.7. The van der Waals surface area contributed by atoms with Gasteiger partial charge in [0.2, 0.25) is 0 Å². The van der Waals surface area contributed by atoms with Gasteiger partial charge in [-0.05, 0) is 36.0 Å². The molecule has 0 bridgehead atoms. The van der Waals surface area contributed by atoms with Crippen LogP contribution in [0.15, 0.2) is 42.9 Å². The van der Waals surface area contributed by atoms with Crippen molar-refractivity contribution < 1.29 is 9.53 Å². The minimum atomic E-state index is 0.00477. The fourth-order valence-electron chi connectivity index (χ4n) is 4.14. The molecule has 1 amide bonds. The Balaban J connectivity index is 1.36. The highest BCUT2D eigenvalue weighted by Crippen LogP contribution is 2.32. The summed E-state index contributed by atoms with van der Waals surface area (Å²) < 4.78 is 5.23.